The number of rotatable bonds is 8. The highest BCUT2D eigenvalue weighted by Gasteiger charge is 2.38. The summed E-state index contributed by atoms with van der Waals surface area (Å²) in [6.45, 7) is 3.07. The average Bonchev–Trinajstić information content (AvgIpc) is 3.60. The lowest BCUT2D eigenvalue weighted by molar-refractivity contribution is -0.137. The molecule has 30 heavy (non-hydrogen) atoms. The van der Waals surface area contributed by atoms with Crippen molar-refractivity contribution in [2.45, 2.75) is 95.3 Å². The Hall–Kier alpha value is -1.88. The van der Waals surface area contributed by atoms with Gasteiger partial charge in [-0.15, -0.1) is 0 Å². The molecule has 3 fully saturated rings. The summed E-state index contributed by atoms with van der Waals surface area (Å²) in [5.74, 6) is 0.251. The van der Waals surface area contributed by atoms with Crippen molar-refractivity contribution in [2.75, 3.05) is 13.1 Å². The molecular weight excluding hydrogens is 374 g/mol. The Balaban J connectivity index is 1.22. The third-order valence-corrected chi connectivity index (χ3v) is 6.96. The van der Waals surface area contributed by atoms with Crippen LogP contribution in [0.4, 0.5) is 0 Å². The minimum Gasteiger partial charge on any atom is -0.353 e. The van der Waals surface area contributed by atoms with Crippen LogP contribution in [0.1, 0.15) is 76.2 Å². The van der Waals surface area contributed by atoms with Gasteiger partial charge in [-0.2, -0.15) is 0 Å². The molecule has 1 N–H and O–H groups in total. The average molecular weight is 412 g/mol. The third kappa shape index (κ3) is 6.07. The van der Waals surface area contributed by atoms with Crippen molar-refractivity contribution in [2.24, 2.45) is 0 Å². The van der Waals surface area contributed by atoms with Crippen molar-refractivity contribution in [1.29, 1.82) is 0 Å². The number of hydrogen-bond acceptors (Lipinski definition) is 3. The predicted molar refractivity (Wildman–Crippen MR) is 119 cm³/mol. The molecule has 5 heteroatoms. The van der Waals surface area contributed by atoms with E-state index in [9.17, 15) is 9.59 Å². The first-order chi connectivity index (χ1) is 14.7. The molecule has 0 aromatic heterocycles. The highest BCUT2D eigenvalue weighted by molar-refractivity contribution is 5.84. The molecule has 5 nitrogen and oxygen atoms in total. The van der Waals surface area contributed by atoms with Gasteiger partial charge in [0.15, 0.2) is 0 Å². The molecule has 1 saturated heterocycles. The number of nitrogens with one attached hydrogen (secondary N) is 1. The van der Waals surface area contributed by atoms with Crippen molar-refractivity contribution < 1.29 is 9.59 Å². The third-order valence-electron chi connectivity index (χ3n) is 6.96. The Labute approximate surface area is 181 Å². The number of likely N-dealkylation sites (tertiary alicyclic amines) is 1. The molecule has 1 aliphatic heterocycles. The van der Waals surface area contributed by atoms with E-state index in [4.69, 9.17) is 0 Å². The SMILES string of the molecule is O=C(CCC(=O)N(C1CC1)C1CCN(Cc2ccccc2)CC1)NC1CCCCC1. The summed E-state index contributed by atoms with van der Waals surface area (Å²) in [6.07, 6.45) is 10.9. The Morgan fingerprint density at radius 1 is 0.867 bits per heavy atom. The second-order valence-electron chi connectivity index (χ2n) is 9.43. The van der Waals surface area contributed by atoms with Crippen LogP contribution in [-0.4, -0.2) is 52.8 Å². The standard InChI is InChI=1S/C25H37N3O2/c29-24(26-21-9-5-2-6-10-21)13-14-25(30)28(22-11-12-22)23-15-17-27(18-16-23)19-20-7-3-1-4-8-20/h1,3-4,7-8,21-23H,2,5-6,9-19H2,(H,26,29). The van der Waals surface area contributed by atoms with Crippen LogP contribution in [0.25, 0.3) is 0 Å². The van der Waals surface area contributed by atoms with Crippen molar-refractivity contribution in [3.8, 4) is 0 Å². The molecule has 0 unspecified atom stereocenters. The summed E-state index contributed by atoms with van der Waals surface area (Å²) in [6, 6.07) is 11.7. The van der Waals surface area contributed by atoms with E-state index >= 15 is 0 Å². The van der Waals surface area contributed by atoms with Crippen LogP contribution in [-0.2, 0) is 16.1 Å². The summed E-state index contributed by atoms with van der Waals surface area (Å²) in [5.41, 5.74) is 1.36. The van der Waals surface area contributed by atoms with Crippen LogP contribution < -0.4 is 5.32 Å². The maximum atomic E-state index is 13.0. The number of benzene rings is 1. The van der Waals surface area contributed by atoms with Crippen LogP contribution in [0.3, 0.4) is 0 Å². The van der Waals surface area contributed by atoms with Crippen LogP contribution in [0.5, 0.6) is 0 Å². The van der Waals surface area contributed by atoms with Crippen molar-refractivity contribution >= 4 is 11.8 Å². The molecule has 0 bridgehead atoms. The fourth-order valence-corrected chi connectivity index (χ4v) is 5.15. The first kappa shape index (κ1) is 21.4. The first-order valence-corrected chi connectivity index (χ1v) is 12.1. The van der Waals surface area contributed by atoms with E-state index in [2.05, 4.69) is 45.4 Å². The van der Waals surface area contributed by atoms with Crippen molar-refractivity contribution in [3.05, 3.63) is 35.9 Å². The molecule has 2 aliphatic carbocycles. The van der Waals surface area contributed by atoms with Crippen LogP contribution in [0.2, 0.25) is 0 Å². The molecule has 164 valence electrons. The highest BCUT2D eigenvalue weighted by Crippen LogP contribution is 2.33. The number of carbonyl (C=O) groups excluding carboxylic acids is 2. The Morgan fingerprint density at radius 2 is 1.53 bits per heavy atom. The van der Waals surface area contributed by atoms with Gasteiger partial charge in [-0.3, -0.25) is 14.5 Å². The van der Waals surface area contributed by atoms with Gasteiger partial charge < -0.3 is 10.2 Å². The zero-order chi connectivity index (χ0) is 20.8. The van der Waals surface area contributed by atoms with Gasteiger partial charge in [-0.1, -0.05) is 49.6 Å². The molecule has 4 rings (SSSR count). The second-order valence-corrected chi connectivity index (χ2v) is 9.43. The zero-order valence-corrected chi connectivity index (χ0v) is 18.2. The maximum Gasteiger partial charge on any atom is 0.223 e. The van der Waals surface area contributed by atoms with Crippen LogP contribution in [0.15, 0.2) is 30.3 Å². The van der Waals surface area contributed by atoms with E-state index in [1.54, 1.807) is 0 Å². The maximum absolute atomic E-state index is 13.0. The minimum atomic E-state index is 0.0590. The van der Waals surface area contributed by atoms with Gasteiger partial charge >= 0.3 is 0 Å². The van der Waals surface area contributed by atoms with Gasteiger partial charge in [0, 0.05) is 50.6 Å². The second kappa shape index (κ2) is 10.4. The summed E-state index contributed by atoms with van der Waals surface area (Å²) >= 11 is 0. The van der Waals surface area contributed by atoms with Crippen molar-refractivity contribution in [3.63, 3.8) is 0 Å². The fraction of sp³-hybridized carbons (Fsp3) is 0.680. The van der Waals surface area contributed by atoms with Crippen LogP contribution in [0, 0.1) is 0 Å². The van der Waals surface area contributed by atoms with Crippen LogP contribution >= 0.6 is 0 Å². The van der Waals surface area contributed by atoms with Gasteiger partial charge in [0.25, 0.3) is 0 Å². The molecular formula is C25H37N3O2. The number of piperidine rings is 1. The molecule has 1 aromatic rings. The Kier molecular flexibility index (Phi) is 7.42. The monoisotopic (exact) mass is 411 g/mol. The fourth-order valence-electron chi connectivity index (χ4n) is 5.15. The predicted octanol–water partition coefficient (Wildman–Crippen LogP) is 3.87. The number of hydrogen-bond donors (Lipinski definition) is 1. The van der Waals surface area contributed by atoms with E-state index in [-0.39, 0.29) is 11.8 Å². The molecule has 2 amide bonds. The van der Waals surface area contributed by atoms with Crippen molar-refractivity contribution in [1.82, 2.24) is 15.1 Å². The quantitative estimate of drug-likeness (QED) is 0.706. The lowest BCUT2D eigenvalue weighted by Gasteiger charge is -2.39. The molecule has 1 aromatic carbocycles. The Morgan fingerprint density at radius 3 is 2.20 bits per heavy atom. The van der Waals surface area contributed by atoms with E-state index in [1.807, 2.05) is 0 Å². The summed E-state index contributed by atoms with van der Waals surface area (Å²) in [7, 11) is 0. The van der Waals surface area contributed by atoms with E-state index < -0.39 is 0 Å². The topological polar surface area (TPSA) is 52.7 Å². The lowest BCUT2D eigenvalue weighted by Crippen LogP contribution is -2.48. The lowest BCUT2D eigenvalue weighted by atomic mass is 9.95. The molecule has 2 saturated carbocycles. The molecule has 3 aliphatic rings. The van der Waals surface area contributed by atoms with E-state index in [0.29, 0.717) is 31.0 Å². The van der Waals surface area contributed by atoms with Gasteiger partial charge in [-0.05, 0) is 44.1 Å². The van der Waals surface area contributed by atoms with E-state index in [0.717, 1.165) is 58.2 Å². The summed E-state index contributed by atoms with van der Waals surface area (Å²) in [5, 5.41) is 3.15. The molecule has 0 spiro atoms. The van der Waals surface area contributed by atoms with E-state index in [1.165, 1.54) is 24.8 Å². The smallest absolute Gasteiger partial charge is 0.223 e. The normalized spacial score (nSPS) is 21.3. The van der Waals surface area contributed by atoms with Gasteiger partial charge in [-0.25, -0.2) is 0 Å². The summed E-state index contributed by atoms with van der Waals surface area (Å²) < 4.78 is 0. The number of nitrogens with zero attached hydrogens (tertiary/aromatic N) is 2. The summed E-state index contributed by atoms with van der Waals surface area (Å²) in [4.78, 5) is 30.0. The van der Waals surface area contributed by atoms with Gasteiger partial charge in [0.05, 0.1) is 0 Å². The molecule has 1 heterocycles. The Bertz CT molecular complexity index is 690. The highest BCUT2D eigenvalue weighted by atomic mass is 16.2. The van der Waals surface area contributed by atoms with Gasteiger partial charge in [0.1, 0.15) is 0 Å². The largest absolute Gasteiger partial charge is 0.353 e. The number of amides is 2. The molecule has 0 atom stereocenters. The minimum absolute atomic E-state index is 0.0590. The number of carbonyl (C=O) groups is 2. The first-order valence-electron chi connectivity index (χ1n) is 12.1. The zero-order valence-electron chi connectivity index (χ0n) is 18.2. The molecule has 0 radical (unpaired) electrons. The van der Waals surface area contributed by atoms with Gasteiger partial charge in [0.2, 0.25) is 11.8 Å².